The number of aromatic nitrogens is 2. The molecular weight excluding hydrogens is 172 g/mol. The fourth-order valence-electron chi connectivity index (χ4n) is 1.40. The third kappa shape index (κ3) is 2.31. The van der Waals surface area contributed by atoms with E-state index < -0.39 is 0 Å². The van der Waals surface area contributed by atoms with Crippen LogP contribution in [-0.2, 0) is 5.41 Å². The predicted molar refractivity (Wildman–Crippen MR) is 59.6 cm³/mol. The molecule has 2 nitrogen and oxygen atoms in total. The second-order valence-corrected chi connectivity index (χ2v) is 5.17. The molecule has 0 radical (unpaired) electrons. The Bertz CT molecular complexity index is 322. The fourth-order valence-corrected chi connectivity index (χ4v) is 1.40. The van der Waals surface area contributed by atoms with Crippen LogP contribution in [0.1, 0.15) is 57.6 Å². The Hall–Kier alpha value is -0.920. The first-order valence-electron chi connectivity index (χ1n) is 5.16. The molecule has 0 aliphatic carbocycles. The zero-order valence-electron chi connectivity index (χ0n) is 10.0. The average molecular weight is 192 g/mol. The van der Waals surface area contributed by atoms with E-state index in [0.717, 1.165) is 5.82 Å². The molecule has 0 saturated heterocycles. The van der Waals surface area contributed by atoms with Crippen molar-refractivity contribution in [2.45, 2.75) is 52.9 Å². The van der Waals surface area contributed by atoms with E-state index in [1.54, 1.807) is 0 Å². The van der Waals surface area contributed by atoms with Crippen LogP contribution in [0.15, 0.2) is 6.20 Å². The second-order valence-electron chi connectivity index (χ2n) is 5.17. The highest BCUT2D eigenvalue weighted by molar-refractivity contribution is 5.20. The van der Waals surface area contributed by atoms with Crippen LogP contribution in [0, 0.1) is 6.92 Å². The first-order chi connectivity index (χ1) is 6.32. The largest absolute Gasteiger partial charge is 0.241 e. The number of nitrogens with zero attached hydrogens (tertiary/aromatic N) is 2. The third-order valence-electron chi connectivity index (χ3n) is 2.23. The lowest BCUT2D eigenvalue weighted by molar-refractivity contribution is 0.537. The quantitative estimate of drug-likeness (QED) is 0.683. The molecule has 0 aliphatic rings. The lowest BCUT2D eigenvalue weighted by Gasteiger charge is -2.19. The number of aryl methyl sites for hydroxylation is 1. The molecule has 0 unspecified atom stereocenters. The Balaban J connectivity index is 3.20. The van der Waals surface area contributed by atoms with Crippen molar-refractivity contribution in [2.24, 2.45) is 0 Å². The van der Waals surface area contributed by atoms with Crippen LogP contribution >= 0.6 is 0 Å². The van der Waals surface area contributed by atoms with E-state index in [4.69, 9.17) is 0 Å². The van der Waals surface area contributed by atoms with Crippen molar-refractivity contribution < 1.29 is 0 Å². The molecule has 2 heteroatoms. The zero-order chi connectivity index (χ0) is 10.9. The van der Waals surface area contributed by atoms with Gasteiger partial charge in [0.1, 0.15) is 5.82 Å². The summed E-state index contributed by atoms with van der Waals surface area (Å²) in [5.41, 5.74) is 2.40. The van der Waals surface area contributed by atoms with Gasteiger partial charge in [-0.1, -0.05) is 34.6 Å². The average Bonchev–Trinajstić information content (AvgIpc) is 2.02. The minimum atomic E-state index is 0.0390. The summed E-state index contributed by atoms with van der Waals surface area (Å²) in [5.74, 6) is 1.41. The molecule has 0 spiro atoms. The van der Waals surface area contributed by atoms with Crippen LogP contribution in [0.4, 0.5) is 0 Å². The van der Waals surface area contributed by atoms with E-state index >= 15 is 0 Å². The molecule has 0 N–H and O–H groups in total. The molecule has 1 aromatic heterocycles. The van der Waals surface area contributed by atoms with Crippen molar-refractivity contribution in [3.63, 3.8) is 0 Å². The van der Waals surface area contributed by atoms with Crippen LogP contribution in [0.5, 0.6) is 0 Å². The number of hydrogen-bond donors (Lipinski definition) is 0. The van der Waals surface area contributed by atoms with E-state index in [2.05, 4.69) is 51.5 Å². The van der Waals surface area contributed by atoms with Gasteiger partial charge in [0.2, 0.25) is 0 Å². The van der Waals surface area contributed by atoms with Gasteiger partial charge in [0, 0.05) is 17.3 Å². The maximum absolute atomic E-state index is 4.63. The van der Waals surface area contributed by atoms with Gasteiger partial charge in [0.25, 0.3) is 0 Å². The minimum absolute atomic E-state index is 0.0390. The molecule has 14 heavy (non-hydrogen) atoms. The van der Waals surface area contributed by atoms with Crippen LogP contribution in [0.3, 0.4) is 0 Å². The highest BCUT2D eigenvalue weighted by Gasteiger charge is 2.18. The van der Waals surface area contributed by atoms with Gasteiger partial charge in [-0.2, -0.15) is 0 Å². The van der Waals surface area contributed by atoms with Gasteiger partial charge in [0.15, 0.2) is 0 Å². The first-order valence-corrected chi connectivity index (χ1v) is 5.16. The molecular formula is C12H20N2. The van der Waals surface area contributed by atoms with Crippen molar-refractivity contribution in [3.8, 4) is 0 Å². The summed E-state index contributed by atoms with van der Waals surface area (Å²) in [6.45, 7) is 12.8. The van der Waals surface area contributed by atoms with Gasteiger partial charge >= 0.3 is 0 Å². The summed E-state index contributed by atoms with van der Waals surface area (Å²) in [4.78, 5) is 9.01. The summed E-state index contributed by atoms with van der Waals surface area (Å²) in [6.07, 6.45) is 1.93. The Morgan fingerprint density at radius 3 is 2.21 bits per heavy atom. The predicted octanol–water partition coefficient (Wildman–Crippen LogP) is 3.21. The van der Waals surface area contributed by atoms with Crippen LogP contribution < -0.4 is 0 Å². The molecule has 0 atom stereocenters. The third-order valence-corrected chi connectivity index (χ3v) is 2.23. The van der Waals surface area contributed by atoms with E-state index in [9.17, 15) is 0 Å². The molecule has 0 aliphatic heterocycles. The van der Waals surface area contributed by atoms with Crippen LogP contribution in [0.25, 0.3) is 0 Å². The molecule has 78 valence electrons. The Morgan fingerprint density at radius 1 is 1.21 bits per heavy atom. The maximum atomic E-state index is 4.63. The normalized spacial score (nSPS) is 12.2. The van der Waals surface area contributed by atoms with Crippen molar-refractivity contribution in [2.75, 3.05) is 0 Å². The molecule has 0 aromatic carbocycles. The summed E-state index contributed by atoms with van der Waals surface area (Å²) < 4.78 is 0. The maximum Gasteiger partial charge on any atom is 0.133 e. The molecule has 1 heterocycles. The molecule has 0 saturated carbocycles. The van der Waals surface area contributed by atoms with Gasteiger partial charge in [-0.3, -0.25) is 0 Å². The van der Waals surface area contributed by atoms with Crippen molar-refractivity contribution >= 4 is 0 Å². The molecule has 1 aromatic rings. The number of rotatable bonds is 1. The van der Waals surface area contributed by atoms with E-state index in [1.807, 2.05) is 6.20 Å². The highest BCUT2D eigenvalue weighted by Crippen LogP contribution is 2.22. The second kappa shape index (κ2) is 3.68. The van der Waals surface area contributed by atoms with Gasteiger partial charge in [0.05, 0.1) is 0 Å². The fraction of sp³-hybridized carbons (Fsp3) is 0.667. The van der Waals surface area contributed by atoms with Crippen LogP contribution in [0.2, 0.25) is 0 Å². The topological polar surface area (TPSA) is 25.8 Å². The van der Waals surface area contributed by atoms with Gasteiger partial charge in [-0.15, -0.1) is 0 Å². The van der Waals surface area contributed by atoms with Crippen molar-refractivity contribution in [1.82, 2.24) is 9.97 Å². The summed E-state index contributed by atoms with van der Waals surface area (Å²) in [5, 5.41) is 0. The first kappa shape index (κ1) is 11.2. The number of hydrogen-bond acceptors (Lipinski definition) is 2. The summed E-state index contributed by atoms with van der Waals surface area (Å²) in [6, 6.07) is 0. The Morgan fingerprint density at radius 2 is 1.79 bits per heavy atom. The monoisotopic (exact) mass is 192 g/mol. The molecule has 0 fully saturated rings. The van der Waals surface area contributed by atoms with Crippen LogP contribution in [-0.4, -0.2) is 9.97 Å². The lowest BCUT2D eigenvalue weighted by Crippen LogP contribution is -2.17. The molecule has 0 bridgehead atoms. The van der Waals surface area contributed by atoms with Gasteiger partial charge < -0.3 is 0 Å². The SMILES string of the molecule is Cc1cnc(C(C)(C)C)nc1C(C)C. The zero-order valence-corrected chi connectivity index (χ0v) is 10.0. The molecule has 0 amide bonds. The van der Waals surface area contributed by atoms with Gasteiger partial charge in [-0.25, -0.2) is 9.97 Å². The van der Waals surface area contributed by atoms with Crippen molar-refractivity contribution in [1.29, 1.82) is 0 Å². The summed E-state index contributed by atoms with van der Waals surface area (Å²) in [7, 11) is 0. The van der Waals surface area contributed by atoms with Crippen molar-refractivity contribution in [3.05, 3.63) is 23.3 Å². The standard InChI is InChI=1S/C12H20N2/c1-8(2)10-9(3)7-13-11(14-10)12(4,5)6/h7-8H,1-6H3. The van der Waals surface area contributed by atoms with E-state index in [-0.39, 0.29) is 5.41 Å². The lowest BCUT2D eigenvalue weighted by atomic mass is 9.95. The Kier molecular flexibility index (Phi) is 2.93. The van der Waals surface area contributed by atoms with E-state index in [0.29, 0.717) is 5.92 Å². The smallest absolute Gasteiger partial charge is 0.133 e. The van der Waals surface area contributed by atoms with Gasteiger partial charge in [-0.05, 0) is 18.4 Å². The summed E-state index contributed by atoms with van der Waals surface area (Å²) >= 11 is 0. The Labute approximate surface area is 86.8 Å². The highest BCUT2D eigenvalue weighted by atomic mass is 14.9. The minimum Gasteiger partial charge on any atom is -0.241 e. The van der Waals surface area contributed by atoms with E-state index in [1.165, 1.54) is 11.3 Å². The molecule has 1 rings (SSSR count).